The zero-order valence-electron chi connectivity index (χ0n) is 18.8. The van der Waals surface area contributed by atoms with E-state index in [1.165, 1.54) is 0 Å². The number of ether oxygens (including phenoxy) is 4. The highest BCUT2D eigenvalue weighted by molar-refractivity contribution is 5.96. The summed E-state index contributed by atoms with van der Waals surface area (Å²) in [6, 6.07) is 1.77. The van der Waals surface area contributed by atoms with Gasteiger partial charge in [0.2, 0.25) is 5.76 Å². The molecule has 0 spiro atoms. The van der Waals surface area contributed by atoms with Gasteiger partial charge in [0.25, 0.3) is 0 Å². The Labute approximate surface area is 191 Å². The summed E-state index contributed by atoms with van der Waals surface area (Å²) in [5, 5.41) is 10.9. The summed E-state index contributed by atoms with van der Waals surface area (Å²) < 4.78 is 25.2. The van der Waals surface area contributed by atoms with Gasteiger partial charge in [-0.25, -0.2) is 9.78 Å². The van der Waals surface area contributed by atoms with E-state index < -0.39 is 17.7 Å². The molecule has 0 amide bonds. The molecule has 172 valence electrons. The first kappa shape index (κ1) is 21.3. The number of imidazole rings is 1. The molecule has 5 rings (SSSR count). The van der Waals surface area contributed by atoms with Gasteiger partial charge in [-0.1, -0.05) is 18.2 Å². The zero-order chi connectivity index (χ0) is 23.2. The normalized spacial score (nSPS) is 25.9. The van der Waals surface area contributed by atoms with Crippen molar-refractivity contribution in [3.63, 3.8) is 0 Å². The molecule has 1 aromatic heterocycles. The molecule has 8 heteroatoms. The highest BCUT2D eigenvalue weighted by atomic mass is 16.6. The highest BCUT2D eigenvalue weighted by Crippen LogP contribution is 2.55. The van der Waals surface area contributed by atoms with Gasteiger partial charge in [0.15, 0.2) is 0 Å². The fraction of sp³-hybridized carbons (Fsp3) is 0.360. The van der Waals surface area contributed by atoms with Gasteiger partial charge in [0.1, 0.15) is 29.0 Å². The lowest BCUT2D eigenvalue weighted by Gasteiger charge is -2.34. The van der Waals surface area contributed by atoms with Gasteiger partial charge in [-0.15, -0.1) is 0 Å². The van der Waals surface area contributed by atoms with Gasteiger partial charge in [0.05, 0.1) is 25.6 Å². The third-order valence-electron chi connectivity index (χ3n) is 6.20. The maximum Gasteiger partial charge on any atom is 0.374 e. The lowest BCUT2D eigenvalue weighted by atomic mass is 9.78. The lowest BCUT2D eigenvalue weighted by molar-refractivity contribution is -0.141. The van der Waals surface area contributed by atoms with Crippen LogP contribution in [0.15, 0.2) is 54.9 Å². The van der Waals surface area contributed by atoms with Gasteiger partial charge in [-0.05, 0) is 31.9 Å². The number of carbonyl (C=O) groups is 1. The molecular weight excluding hydrogens is 424 g/mol. The standard InChI is InChI=1S/C25H26N2O6/c1-4-31-24(28)19-12-15(7-10-27-11-9-26-14-27)20-17(32-19)13-18-21(22(20)30-3)16-6-5-8-25(2,29)23(16)33-18/h5-7,9,11-14,16,23,29H,4,8,10H2,1-3H3/b15-7+/t16-,23-,25+/m0/s1. The molecule has 1 N–H and O–H groups in total. The Kier molecular flexibility index (Phi) is 5.25. The van der Waals surface area contributed by atoms with Crippen molar-refractivity contribution in [3.05, 3.63) is 66.0 Å². The molecule has 1 aromatic carbocycles. The van der Waals surface area contributed by atoms with Crippen LogP contribution in [-0.4, -0.2) is 46.0 Å². The van der Waals surface area contributed by atoms with Gasteiger partial charge in [-0.3, -0.25) is 0 Å². The van der Waals surface area contributed by atoms with Crippen LogP contribution in [0.2, 0.25) is 0 Å². The predicted octanol–water partition coefficient (Wildman–Crippen LogP) is 3.37. The van der Waals surface area contributed by atoms with E-state index in [4.69, 9.17) is 18.9 Å². The molecule has 3 aliphatic rings. The Bertz CT molecular complexity index is 1180. The van der Waals surface area contributed by atoms with Crippen LogP contribution in [0.1, 0.15) is 37.3 Å². The first-order valence-corrected chi connectivity index (χ1v) is 11.0. The third-order valence-corrected chi connectivity index (χ3v) is 6.20. The maximum absolute atomic E-state index is 12.5. The van der Waals surface area contributed by atoms with Crippen molar-refractivity contribution in [1.82, 2.24) is 9.55 Å². The van der Waals surface area contributed by atoms with E-state index >= 15 is 0 Å². The summed E-state index contributed by atoms with van der Waals surface area (Å²) in [4.78, 5) is 16.6. The number of rotatable bonds is 5. The Hall–Kier alpha value is -3.52. The van der Waals surface area contributed by atoms with E-state index in [0.717, 1.165) is 16.7 Å². The number of fused-ring (bicyclic) bond motifs is 4. The second-order valence-electron chi connectivity index (χ2n) is 8.50. The third kappa shape index (κ3) is 3.60. The van der Waals surface area contributed by atoms with E-state index in [2.05, 4.69) is 11.1 Å². The van der Waals surface area contributed by atoms with Gasteiger partial charge >= 0.3 is 5.97 Å². The molecule has 33 heavy (non-hydrogen) atoms. The lowest BCUT2D eigenvalue weighted by Crippen LogP contribution is -2.45. The average molecular weight is 450 g/mol. The Balaban J connectivity index is 1.65. The van der Waals surface area contributed by atoms with Crippen molar-refractivity contribution in [1.29, 1.82) is 0 Å². The summed E-state index contributed by atoms with van der Waals surface area (Å²) in [5.74, 6) is 1.01. The number of aliphatic hydroxyl groups is 1. The molecule has 3 atom stereocenters. The smallest absolute Gasteiger partial charge is 0.374 e. The summed E-state index contributed by atoms with van der Waals surface area (Å²) in [7, 11) is 1.60. The molecule has 0 saturated carbocycles. The van der Waals surface area contributed by atoms with Crippen LogP contribution in [0.5, 0.6) is 17.2 Å². The van der Waals surface area contributed by atoms with Gasteiger partial charge in [-0.2, -0.15) is 0 Å². The number of carbonyl (C=O) groups excluding carboxylic acids is 1. The summed E-state index contributed by atoms with van der Waals surface area (Å²) in [6.07, 6.45) is 13.1. The van der Waals surface area contributed by atoms with Crippen LogP contribution < -0.4 is 14.2 Å². The second-order valence-corrected chi connectivity index (χ2v) is 8.50. The van der Waals surface area contributed by atoms with E-state index in [-0.39, 0.29) is 18.3 Å². The van der Waals surface area contributed by atoms with Crippen molar-refractivity contribution in [2.24, 2.45) is 0 Å². The average Bonchev–Trinajstić information content (AvgIpc) is 3.44. The Morgan fingerprint density at radius 2 is 2.27 bits per heavy atom. The SMILES string of the molecule is CCOC(=O)C1=C/C(=C\Cn2ccnc2)c2c(cc3c(c2OC)[C@@H]2C=CC[C@@](C)(O)[C@H]2O3)O1. The topological polar surface area (TPSA) is 92.0 Å². The van der Waals surface area contributed by atoms with Crippen molar-refractivity contribution in [2.75, 3.05) is 13.7 Å². The van der Waals surface area contributed by atoms with Crippen molar-refractivity contribution < 1.29 is 28.8 Å². The second kappa shape index (κ2) is 8.12. The Morgan fingerprint density at radius 1 is 1.42 bits per heavy atom. The molecule has 0 saturated heterocycles. The molecule has 0 bridgehead atoms. The first-order chi connectivity index (χ1) is 15.9. The van der Waals surface area contributed by atoms with Crippen molar-refractivity contribution in [2.45, 2.75) is 44.4 Å². The molecule has 2 aliphatic heterocycles. The predicted molar refractivity (Wildman–Crippen MR) is 120 cm³/mol. The first-order valence-electron chi connectivity index (χ1n) is 11.0. The number of methoxy groups -OCH3 is 1. The summed E-state index contributed by atoms with van der Waals surface area (Å²) in [5.41, 5.74) is 1.34. The molecule has 2 aromatic rings. The van der Waals surface area contributed by atoms with Crippen LogP contribution in [0.3, 0.4) is 0 Å². The molecule has 1 aliphatic carbocycles. The van der Waals surface area contributed by atoms with Crippen LogP contribution in [-0.2, 0) is 16.1 Å². The number of aromatic nitrogens is 2. The van der Waals surface area contributed by atoms with Crippen LogP contribution >= 0.6 is 0 Å². The summed E-state index contributed by atoms with van der Waals surface area (Å²) >= 11 is 0. The number of nitrogens with zero attached hydrogens (tertiary/aromatic N) is 2. The number of allylic oxidation sites excluding steroid dienone is 3. The van der Waals surface area contributed by atoms with Gasteiger partial charge in [0, 0.05) is 36.5 Å². The van der Waals surface area contributed by atoms with E-state index in [1.807, 2.05) is 22.9 Å². The quantitative estimate of drug-likeness (QED) is 0.552. The van der Waals surface area contributed by atoms with Crippen LogP contribution in [0.25, 0.3) is 5.57 Å². The molecule has 8 nitrogen and oxygen atoms in total. The van der Waals surface area contributed by atoms with E-state index in [0.29, 0.717) is 30.2 Å². The van der Waals surface area contributed by atoms with Crippen LogP contribution in [0.4, 0.5) is 0 Å². The number of esters is 1. The van der Waals surface area contributed by atoms with Crippen molar-refractivity contribution >= 4 is 11.5 Å². The number of hydrogen-bond donors (Lipinski definition) is 1. The summed E-state index contributed by atoms with van der Waals surface area (Å²) in [6.45, 7) is 4.30. The molecule has 0 unspecified atom stereocenters. The fourth-order valence-electron chi connectivity index (χ4n) is 4.67. The zero-order valence-corrected chi connectivity index (χ0v) is 18.8. The minimum absolute atomic E-state index is 0.0885. The van der Waals surface area contributed by atoms with Crippen molar-refractivity contribution in [3.8, 4) is 17.2 Å². The number of hydrogen-bond acceptors (Lipinski definition) is 7. The molecule has 3 heterocycles. The maximum atomic E-state index is 12.5. The van der Waals surface area contributed by atoms with Gasteiger partial charge < -0.3 is 28.6 Å². The Morgan fingerprint density at radius 3 is 3.00 bits per heavy atom. The largest absolute Gasteiger partial charge is 0.496 e. The minimum atomic E-state index is -1.01. The number of benzene rings is 1. The highest BCUT2D eigenvalue weighted by Gasteiger charge is 2.49. The van der Waals surface area contributed by atoms with E-state index in [1.54, 1.807) is 45.6 Å². The fourth-order valence-corrected chi connectivity index (χ4v) is 4.67. The van der Waals surface area contributed by atoms with Crippen LogP contribution in [0, 0.1) is 0 Å². The molecule has 0 radical (unpaired) electrons. The minimum Gasteiger partial charge on any atom is -0.496 e. The molecular formula is C25H26N2O6. The van der Waals surface area contributed by atoms with E-state index in [9.17, 15) is 9.90 Å². The molecule has 0 fully saturated rings. The monoisotopic (exact) mass is 450 g/mol.